The van der Waals surface area contributed by atoms with E-state index in [0.717, 1.165) is 94.5 Å². The number of hydrogen-bond donors (Lipinski definition) is 0. The molecule has 3 heterocycles. The molecule has 0 amide bonds. The summed E-state index contributed by atoms with van der Waals surface area (Å²) < 4.78 is 2.30. The maximum atomic E-state index is 10.3. The van der Waals surface area contributed by atoms with E-state index < -0.39 is 0 Å². The molecule has 0 saturated carbocycles. The van der Waals surface area contributed by atoms with Crippen molar-refractivity contribution in [1.29, 1.82) is 10.5 Å². The lowest BCUT2D eigenvalue weighted by atomic mass is 9.91. The molecule has 12 aromatic rings. The molecule has 0 N–H and O–H groups in total. The van der Waals surface area contributed by atoms with E-state index in [9.17, 15) is 10.5 Å². The third kappa shape index (κ3) is 8.04. The molecule has 9 aromatic carbocycles. The van der Waals surface area contributed by atoms with Crippen molar-refractivity contribution in [3.63, 3.8) is 0 Å². The van der Waals surface area contributed by atoms with Crippen LogP contribution in [-0.2, 0) is 0 Å². The van der Waals surface area contributed by atoms with E-state index >= 15 is 0 Å². The van der Waals surface area contributed by atoms with Gasteiger partial charge in [-0.15, -0.1) is 0 Å². The smallest absolute Gasteiger partial charge is 0.164 e. The quantitative estimate of drug-likeness (QED) is 0.142. The minimum Gasteiger partial charge on any atom is -0.308 e. The average Bonchev–Trinajstić information content (AvgIpc) is 3.78. The zero-order valence-corrected chi connectivity index (χ0v) is 38.0. The van der Waals surface area contributed by atoms with E-state index in [-0.39, 0.29) is 0 Å². The molecule has 0 spiro atoms. The molecule has 0 unspecified atom stereocenters. The summed E-state index contributed by atoms with van der Waals surface area (Å²) in [6.45, 7) is 0. The zero-order chi connectivity index (χ0) is 47.7. The Bertz CT molecular complexity index is 3870. The average molecular weight is 907 g/mol. The van der Waals surface area contributed by atoms with Gasteiger partial charge in [0.25, 0.3) is 0 Å². The van der Waals surface area contributed by atoms with E-state index in [1.54, 1.807) is 0 Å². The van der Waals surface area contributed by atoms with E-state index in [1.807, 2.05) is 152 Å². The van der Waals surface area contributed by atoms with Crippen molar-refractivity contribution in [2.24, 2.45) is 0 Å². The molecular weight excluding hydrogens is 869 g/mol. The summed E-state index contributed by atoms with van der Waals surface area (Å²) in [4.78, 5) is 25.7. The predicted molar refractivity (Wildman–Crippen MR) is 283 cm³/mol. The number of para-hydroxylation sites is 1. The largest absolute Gasteiger partial charge is 0.308 e. The standard InChI is InChI=1S/C63H38N8/c64-39-41-17-15-27-47(33-41)52-36-50(63-66-55(43-19-5-1-6-20-43)38-56(67-63)44-21-7-2-8-22-44)37-53(48-28-16-18-42(34-48)40-65)59(52)71-57-30-14-13-29-51(57)54-35-49(31-32-58(54)71)62-69-60(45-23-9-3-10-24-45)68-61(70-62)46-25-11-4-12-26-46/h1-38H. The minimum absolute atomic E-state index is 0.523. The van der Waals surface area contributed by atoms with Crippen LogP contribution in [0.5, 0.6) is 0 Å². The second kappa shape index (κ2) is 18.2. The molecule has 0 aliphatic heterocycles. The molecule has 0 aliphatic rings. The van der Waals surface area contributed by atoms with Crippen LogP contribution in [0.3, 0.4) is 0 Å². The van der Waals surface area contributed by atoms with Crippen LogP contribution in [-0.4, -0.2) is 29.5 Å². The molecule has 0 aliphatic carbocycles. The van der Waals surface area contributed by atoms with Gasteiger partial charge in [0.15, 0.2) is 23.3 Å². The highest BCUT2D eigenvalue weighted by Gasteiger charge is 2.24. The van der Waals surface area contributed by atoms with Gasteiger partial charge in [-0.05, 0) is 77.9 Å². The topological polar surface area (TPSA) is 117 Å². The summed E-state index contributed by atoms with van der Waals surface area (Å²) in [5, 5.41) is 22.6. The second-order valence-electron chi connectivity index (χ2n) is 17.1. The Morgan fingerprint density at radius 3 is 1.23 bits per heavy atom. The monoisotopic (exact) mass is 906 g/mol. The van der Waals surface area contributed by atoms with Gasteiger partial charge in [-0.1, -0.05) is 164 Å². The molecule has 71 heavy (non-hydrogen) atoms. The van der Waals surface area contributed by atoms with Gasteiger partial charge < -0.3 is 4.57 Å². The highest BCUT2D eigenvalue weighted by Crippen LogP contribution is 2.45. The Morgan fingerprint density at radius 1 is 0.296 bits per heavy atom. The molecule has 0 atom stereocenters. The van der Waals surface area contributed by atoms with Crippen molar-refractivity contribution < 1.29 is 0 Å². The van der Waals surface area contributed by atoms with Crippen LogP contribution in [0, 0.1) is 22.7 Å². The molecule has 3 aromatic heterocycles. The third-order valence-electron chi connectivity index (χ3n) is 12.7. The van der Waals surface area contributed by atoms with Crippen LogP contribution in [0.2, 0.25) is 0 Å². The number of nitrogens with zero attached hydrogens (tertiary/aromatic N) is 8. The molecular formula is C63H38N8. The molecule has 0 saturated heterocycles. The van der Waals surface area contributed by atoms with Crippen LogP contribution in [0.15, 0.2) is 231 Å². The Hall–Kier alpha value is -10.2. The van der Waals surface area contributed by atoms with Crippen molar-refractivity contribution in [2.45, 2.75) is 0 Å². The van der Waals surface area contributed by atoms with Crippen molar-refractivity contribution in [3.05, 3.63) is 242 Å². The van der Waals surface area contributed by atoms with Crippen LogP contribution >= 0.6 is 0 Å². The molecule has 0 fully saturated rings. The molecule has 8 heteroatoms. The van der Waals surface area contributed by atoms with Crippen molar-refractivity contribution in [2.75, 3.05) is 0 Å². The van der Waals surface area contributed by atoms with Crippen LogP contribution in [0.1, 0.15) is 11.1 Å². The van der Waals surface area contributed by atoms with Crippen molar-refractivity contribution in [3.8, 4) is 108 Å². The Labute approximate surface area is 409 Å². The first-order chi connectivity index (χ1) is 35.1. The first-order valence-electron chi connectivity index (χ1n) is 23.2. The number of aromatic nitrogens is 6. The molecule has 330 valence electrons. The van der Waals surface area contributed by atoms with Gasteiger partial charge in [0.1, 0.15) is 0 Å². The van der Waals surface area contributed by atoms with Crippen LogP contribution in [0.4, 0.5) is 0 Å². The van der Waals surface area contributed by atoms with Gasteiger partial charge in [-0.2, -0.15) is 10.5 Å². The van der Waals surface area contributed by atoms with E-state index in [2.05, 4.69) is 95.6 Å². The van der Waals surface area contributed by atoms with Crippen molar-refractivity contribution >= 4 is 21.8 Å². The van der Waals surface area contributed by atoms with Gasteiger partial charge in [0.2, 0.25) is 0 Å². The molecule has 0 bridgehead atoms. The number of benzene rings is 9. The van der Waals surface area contributed by atoms with Gasteiger partial charge in [-0.3, -0.25) is 0 Å². The summed E-state index contributed by atoms with van der Waals surface area (Å²) in [5.74, 6) is 2.25. The molecule has 12 rings (SSSR count). The lowest BCUT2D eigenvalue weighted by Crippen LogP contribution is -2.03. The van der Waals surface area contributed by atoms with Crippen LogP contribution in [0.25, 0.3) is 118 Å². The van der Waals surface area contributed by atoms with Crippen molar-refractivity contribution in [1.82, 2.24) is 29.5 Å². The highest BCUT2D eigenvalue weighted by atomic mass is 15.0. The second-order valence-corrected chi connectivity index (χ2v) is 17.1. The summed E-state index contributed by atoms with van der Waals surface area (Å²) in [7, 11) is 0. The van der Waals surface area contributed by atoms with Gasteiger partial charge in [0.05, 0.1) is 51.4 Å². The Balaban J connectivity index is 1.15. The lowest BCUT2D eigenvalue weighted by molar-refractivity contribution is 1.07. The fourth-order valence-electron chi connectivity index (χ4n) is 9.34. The maximum Gasteiger partial charge on any atom is 0.164 e. The van der Waals surface area contributed by atoms with Gasteiger partial charge in [-0.25, -0.2) is 24.9 Å². The number of fused-ring (bicyclic) bond motifs is 3. The van der Waals surface area contributed by atoms with E-state index in [0.29, 0.717) is 34.4 Å². The molecule has 8 nitrogen and oxygen atoms in total. The van der Waals surface area contributed by atoms with Gasteiger partial charge >= 0.3 is 0 Å². The molecule has 0 radical (unpaired) electrons. The Morgan fingerprint density at radius 2 is 0.718 bits per heavy atom. The van der Waals surface area contributed by atoms with Gasteiger partial charge in [0, 0.05) is 55.3 Å². The third-order valence-corrected chi connectivity index (χ3v) is 12.7. The summed E-state index contributed by atoms with van der Waals surface area (Å²) in [5.41, 5.74) is 14.0. The maximum absolute atomic E-state index is 10.3. The highest BCUT2D eigenvalue weighted by molar-refractivity contribution is 6.12. The fourth-order valence-corrected chi connectivity index (χ4v) is 9.34. The first-order valence-corrected chi connectivity index (χ1v) is 23.2. The van der Waals surface area contributed by atoms with Crippen LogP contribution < -0.4 is 0 Å². The number of nitriles is 2. The normalized spacial score (nSPS) is 11.1. The summed E-state index contributed by atoms with van der Waals surface area (Å²) in [6, 6.07) is 81.5. The summed E-state index contributed by atoms with van der Waals surface area (Å²) in [6.07, 6.45) is 0. The first kappa shape index (κ1) is 42.2. The predicted octanol–water partition coefficient (Wildman–Crippen LogP) is 14.8. The summed E-state index contributed by atoms with van der Waals surface area (Å²) >= 11 is 0. The number of hydrogen-bond acceptors (Lipinski definition) is 7. The Kier molecular flexibility index (Phi) is 10.8. The zero-order valence-electron chi connectivity index (χ0n) is 38.0. The van der Waals surface area contributed by atoms with E-state index in [4.69, 9.17) is 24.9 Å². The minimum atomic E-state index is 0.523. The fraction of sp³-hybridized carbons (Fsp3) is 0. The lowest BCUT2D eigenvalue weighted by Gasteiger charge is -2.21. The SMILES string of the molecule is N#Cc1cccc(-c2cc(-c3nc(-c4ccccc4)cc(-c4ccccc4)n3)cc(-c3cccc(C#N)c3)c2-n2c3ccccc3c3cc(-c4nc(-c5ccccc5)nc(-c5ccccc5)n4)ccc32)c1. The number of rotatable bonds is 9. The van der Waals surface area contributed by atoms with E-state index in [1.165, 1.54) is 0 Å².